The second-order valence-electron chi connectivity index (χ2n) is 8.51. The predicted octanol–water partition coefficient (Wildman–Crippen LogP) is 8.03. The summed E-state index contributed by atoms with van der Waals surface area (Å²) in [7, 11) is -4.52. The van der Waals surface area contributed by atoms with Gasteiger partial charge in [0.05, 0.1) is 32.2 Å². The molecule has 0 saturated carbocycles. The summed E-state index contributed by atoms with van der Waals surface area (Å²) in [4.78, 5) is 11.6. The van der Waals surface area contributed by atoms with Gasteiger partial charge in [-0.05, 0) is 54.6 Å². The van der Waals surface area contributed by atoms with Gasteiger partial charge in [-0.2, -0.15) is 39.5 Å². The van der Waals surface area contributed by atoms with Gasteiger partial charge in [-0.1, -0.05) is 0 Å². The summed E-state index contributed by atoms with van der Waals surface area (Å²) in [6, 6.07) is 6.02. The number of H-pyrrole nitrogens is 1. The average molecular weight is 644 g/mol. The molecule has 4 aromatic rings. The summed E-state index contributed by atoms with van der Waals surface area (Å²) in [6.45, 7) is 0. The van der Waals surface area contributed by atoms with Gasteiger partial charge in [-0.15, -0.1) is 11.8 Å². The zero-order chi connectivity index (χ0) is 31.3. The molecule has 3 aromatic carbocycles. The Morgan fingerprint density at radius 3 is 1.90 bits per heavy atom. The molecule has 0 aliphatic heterocycles. The first-order valence-electron chi connectivity index (χ1n) is 11.2. The lowest BCUT2D eigenvalue weighted by atomic mass is 10.1. The van der Waals surface area contributed by atoms with Crippen molar-refractivity contribution in [2.45, 2.75) is 33.2 Å². The minimum absolute atomic E-state index is 0.0698. The molecule has 0 saturated heterocycles. The van der Waals surface area contributed by atoms with Gasteiger partial charge in [0, 0.05) is 22.0 Å². The number of aromatic nitrogens is 1. The number of ether oxygens (including phenoxy) is 1. The van der Waals surface area contributed by atoms with E-state index in [1.165, 1.54) is 0 Å². The summed E-state index contributed by atoms with van der Waals surface area (Å²) >= 11 is 0.224. The second kappa shape index (κ2) is 10.8. The van der Waals surface area contributed by atoms with Crippen LogP contribution < -0.4 is 4.74 Å². The van der Waals surface area contributed by atoms with Gasteiger partial charge in [0.15, 0.2) is 5.75 Å². The molecule has 0 radical (unpaired) electrons. The molecule has 6 nitrogen and oxygen atoms in total. The molecule has 0 atom stereocenters. The Labute approximate surface area is 234 Å². The largest absolute Gasteiger partial charge is 0.481 e. The van der Waals surface area contributed by atoms with E-state index in [4.69, 9.17) is 9.84 Å². The smallest absolute Gasteiger partial charge is 0.420 e. The van der Waals surface area contributed by atoms with Crippen molar-refractivity contribution in [1.29, 1.82) is 0 Å². The number of alkyl halides is 9. The highest BCUT2D eigenvalue weighted by Crippen LogP contribution is 2.48. The standard InChI is InChI=1S/C25H14F9NO5S2/c26-23(27,28)12-1-4-15(5-2-12)42(38,39)20-10-35-19-6-3-13(7-16(19)20)40-22-17(24(29,30)31)8-14(41-11-21(36)37)9-18(22)25(32,33)34/h1-10,35H,11H2,(H,36,37). The van der Waals surface area contributed by atoms with Crippen molar-refractivity contribution in [2.75, 3.05) is 5.75 Å². The number of carboxylic acids is 1. The fourth-order valence-corrected chi connectivity index (χ4v) is 5.90. The number of fused-ring (bicyclic) bond motifs is 1. The van der Waals surface area contributed by atoms with Crippen LogP contribution in [0.2, 0.25) is 0 Å². The summed E-state index contributed by atoms with van der Waals surface area (Å²) in [5.41, 5.74) is -4.78. The van der Waals surface area contributed by atoms with Gasteiger partial charge in [-0.25, -0.2) is 8.42 Å². The topological polar surface area (TPSA) is 96.5 Å². The summed E-state index contributed by atoms with van der Waals surface area (Å²) < 4.78 is 153. The number of sulfone groups is 1. The molecule has 17 heteroatoms. The molecule has 0 bridgehead atoms. The van der Waals surface area contributed by atoms with Gasteiger partial charge >= 0.3 is 24.5 Å². The van der Waals surface area contributed by atoms with Gasteiger partial charge < -0.3 is 14.8 Å². The molecule has 0 fully saturated rings. The number of nitrogens with one attached hydrogen (secondary N) is 1. The third-order valence-corrected chi connectivity index (χ3v) is 8.42. The van der Waals surface area contributed by atoms with Crippen LogP contribution in [0.4, 0.5) is 39.5 Å². The van der Waals surface area contributed by atoms with Crippen LogP contribution in [0.1, 0.15) is 16.7 Å². The van der Waals surface area contributed by atoms with Crippen LogP contribution in [0.3, 0.4) is 0 Å². The number of thioether (sulfide) groups is 1. The molecule has 224 valence electrons. The molecule has 0 aliphatic carbocycles. The van der Waals surface area contributed by atoms with E-state index in [9.17, 15) is 52.7 Å². The molecule has 42 heavy (non-hydrogen) atoms. The number of aromatic amines is 1. The van der Waals surface area contributed by atoms with Crippen LogP contribution >= 0.6 is 11.8 Å². The van der Waals surface area contributed by atoms with Crippen LogP contribution in [-0.2, 0) is 33.2 Å². The maximum absolute atomic E-state index is 13.9. The Morgan fingerprint density at radius 1 is 0.833 bits per heavy atom. The Hall–Kier alpha value is -3.86. The predicted molar refractivity (Wildman–Crippen MR) is 130 cm³/mol. The average Bonchev–Trinajstić information content (AvgIpc) is 3.30. The molecule has 0 unspecified atom stereocenters. The SMILES string of the molecule is O=C(O)CSc1cc(C(F)(F)F)c(Oc2ccc3[nH]cc(S(=O)(=O)c4ccc(C(F)(F)F)cc4)c3c2)c(C(F)(F)F)c1. The molecule has 4 rings (SSSR count). The molecule has 1 heterocycles. The molecule has 0 aliphatic rings. The van der Waals surface area contributed by atoms with Crippen LogP contribution in [0.5, 0.6) is 11.5 Å². The maximum Gasteiger partial charge on any atom is 0.420 e. The van der Waals surface area contributed by atoms with E-state index in [1.54, 1.807) is 0 Å². The zero-order valence-electron chi connectivity index (χ0n) is 20.3. The number of rotatable bonds is 7. The van der Waals surface area contributed by atoms with Crippen molar-refractivity contribution in [3.05, 3.63) is 77.5 Å². The third kappa shape index (κ3) is 6.46. The summed E-state index contributed by atoms with van der Waals surface area (Å²) in [5, 5.41) is 8.53. The van der Waals surface area contributed by atoms with Crippen molar-refractivity contribution >= 4 is 38.5 Å². The number of hydrogen-bond donors (Lipinski definition) is 2. The second-order valence-corrected chi connectivity index (χ2v) is 11.5. The fraction of sp³-hybridized carbons (Fsp3) is 0.160. The monoisotopic (exact) mass is 643 g/mol. The van der Waals surface area contributed by atoms with E-state index < -0.39 is 83.0 Å². The molecule has 0 amide bonds. The fourth-order valence-electron chi connectivity index (χ4n) is 3.79. The number of benzene rings is 3. The Bertz CT molecular complexity index is 1720. The lowest BCUT2D eigenvalue weighted by molar-refractivity contribution is -0.145. The highest BCUT2D eigenvalue weighted by molar-refractivity contribution is 8.00. The van der Waals surface area contributed by atoms with Crippen molar-refractivity contribution in [3.63, 3.8) is 0 Å². The number of carboxylic acid groups (broad SMARTS) is 1. The highest BCUT2D eigenvalue weighted by Gasteiger charge is 2.43. The van der Waals surface area contributed by atoms with Crippen LogP contribution in [0.25, 0.3) is 10.9 Å². The number of carbonyl (C=O) groups is 1. The Kier molecular flexibility index (Phi) is 7.96. The quantitative estimate of drug-likeness (QED) is 0.156. The summed E-state index contributed by atoms with van der Waals surface area (Å²) in [6.07, 6.45) is -14.6. The first-order chi connectivity index (χ1) is 19.3. The minimum Gasteiger partial charge on any atom is -0.481 e. The molecular weight excluding hydrogens is 629 g/mol. The lowest BCUT2D eigenvalue weighted by Gasteiger charge is -2.20. The van der Waals surface area contributed by atoms with E-state index in [1.807, 2.05) is 0 Å². The van der Waals surface area contributed by atoms with Gasteiger partial charge in [0.2, 0.25) is 9.84 Å². The normalized spacial score (nSPS) is 13.0. The highest BCUT2D eigenvalue weighted by atomic mass is 32.2. The van der Waals surface area contributed by atoms with Crippen LogP contribution in [-0.4, -0.2) is 30.2 Å². The van der Waals surface area contributed by atoms with Gasteiger partial charge in [0.1, 0.15) is 5.75 Å². The third-order valence-electron chi connectivity index (χ3n) is 5.65. The van der Waals surface area contributed by atoms with E-state index >= 15 is 0 Å². The Balaban J connectivity index is 1.82. The van der Waals surface area contributed by atoms with Crippen molar-refractivity contribution in [2.24, 2.45) is 0 Å². The zero-order valence-corrected chi connectivity index (χ0v) is 21.9. The number of halogens is 9. The Morgan fingerprint density at radius 2 is 1.40 bits per heavy atom. The maximum atomic E-state index is 13.9. The number of hydrogen-bond acceptors (Lipinski definition) is 5. The van der Waals surface area contributed by atoms with E-state index in [0.717, 1.165) is 24.4 Å². The first-order valence-corrected chi connectivity index (χ1v) is 13.6. The molecule has 1 aromatic heterocycles. The van der Waals surface area contributed by atoms with Crippen molar-refractivity contribution in [3.8, 4) is 11.5 Å². The first kappa shape index (κ1) is 31.1. The van der Waals surface area contributed by atoms with E-state index in [-0.39, 0.29) is 22.7 Å². The molecule has 0 spiro atoms. The lowest BCUT2D eigenvalue weighted by Crippen LogP contribution is -2.14. The van der Waals surface area contributed by atoms with Crippen LogP contribution in [0, 0.1) is 0 Å². The molecule has 2 N–H and O–H groups in total. The van der Waals surface area contributed by atoms with Gasteiger partial charge in [-0.3, -0.25) is 4.79 Å². The minimum atomic E-state index is -5.38. The van der Waals surface area contributed by atoms with E-state index in [0.29, 0.717) is 36.4 Å². The van der Waals surface area contributed by atoms with Gasteiger partial charge in [0.25, 0.3) is 0 Å². The summed E-state index contributed by atoms with van der Waals surface area (Å²) in [5.74, 6) is -4.59. The van der Waals surface area contributed by atoms with Crippen LogP contribution in [0.15, 0.2) is 75.5 Å². The van der Waals surface area contributed by atoms with Crippen molar-refractivity contribution < 1.29 is 62.6 Å². The number of aliphatic carboxylic acids is 1. The van der Waals surface area contributed by atoms with Crippen molar-refractivity contribution in [1.82, 2.24) is 4.98 Å². The van der Waals surface area contributed by atoms with E-state index in [2.05, 4.69) is 4.98 Å². The molecular formula is C25H14F9NO5S2.